The van der Waals surface area contributed by atoms with E-state index in [9.17, 15) is 4.79 Å². The maximum Gasteiger partial charge on any atom is 0.252 e. The summed E-state index contributed by atoms with van der Waals surface area (Å²) >= 11 is 1.58. The van der Waals surface area contributed by atoms with E-state index in [0.717, 1.165) is 23.3 Å². The zero-order chi connectivity index (χ0) is 13.7. The number of amides is 1. The molecule has 1 amide bonds. The van der Waals surface area contributed by atoms with Crippen LogP contribution >= 0.6 is 11.3 Å². The molecule has 19 heavy (non-hydrogen) atoms. The predicted molar refractivity (Wildman–Crippen MR) is 75.7 cm³/mol. The third-order valence-electron chi connectivity index (χ3n) is 3.18. The van der Waals surface area contributed by atoms with Gasteiger partial charge >= 0.3 is 0 Å². The van der Waals surface area contributed by atoms with Crippen molar-refractivity contribution in [3.05, 3.63) is 21.9 Å². The van der Waals surface area contributed by atoms with E-state index in [2.05, 4.69) is 17.2 Å². The molecule has 102 valence electrons. The number of rotatable bonds is 3. The lowest BCUT2D eigenvalue weighted by Crippen LogP contribution is -2.43. The van der Waals surface area contributed by atoms with Gasteiger partial charge in [-0.1, -0.05) is 11.8 Å². The van der Waals surface area contributed by atoms with Crippen LogP contribution in [-0.2, 0) is 16.1 Å². The Labute approximate surface area is 117 Å². The van der Waals surface area contributed by atoms with Crippen LogP contribution in [0.15, 0.2) is 11.4 Å². The van der Waals surface area contributed by atoms with E-state index in [4.69, 9.17) is 10.5 Å². The number of hydrogen-bond acceptors (Lipinski definition) is 4. The molecule has 0 aromatic carbocycles. The highest BCUT2D eigenvalue weighted by molar-refractivity contribution is 7.10. The van der Waals surface area contributed by atoms with Crippen molar-refractivity contribution in [1.29, 1.82) is 0 Å². The van der Waals surface area contributed by atoms with Gasteiger partial charge in [-0.05, 0) is 31.2 Å². The first-order valence-electron chi connectivity index (χ1n) is 6.33. The summed E-state index contributed by atoms with van der Waals surface area (Å²) in [5.74, 6) is 5.79. The molecule has 0 radical (unpaired) electrons. The topological polar surface area (TPSA) is 64.4 Å². The summed E-state index contributed by atoms with van der Waals surface area (Å²) in [5, 5.41) is 4.90. The Morgan fingerprint density at radius 1 is 1.68 bits per heavy atom. The quantitative estimate of drug-likeness (QED) is 0.818. The van der Waals surface area contributed by atoms with Gasteiger partial charge in [0.1, 0.15) is 5.60 Å². The summed E-state index contributed by atoms with van der Waals surface area (Å²) in [4.78, 5) is 13.2. The van der Waals surface area contributed by atoms with Crippen LogP contribution in [0.25, 0.3) is 0 Å². The Kier molecular flexibility index (Phi) is 4.59. The second-order valence-corrected chi connectivity index (χ2v) is 5.63. The summed E-state index contributed by atoms with van der Waals surface area (Å²) in [6, 6.07) is 1.95. The van der Waals surface area contributed by atoms with Gasteiger partial charge in [-0.3, -0.25) is 4.79 Å². The van der Waals surface area contributed by atoms with Gasteiger partial charge in [0.15, 0.2) is 0 Å². The van der Waals surface area contributed by atoms with Gasteiger partial charge in [0.2, 0.25) is 0 Å². The molecule has 1 aliphatic heterocycles. The van der Waals surface area contributed by atoms with Crippen molar-refractivity contribution in [3.8, 4) is 11.8 Å². The summed E-state index contributed by atoms with van der Waals surface area (Å²) in [6.45, 7) is 3.34. The zero-order valence-corrected chi connectivity index (χ0v) is 11.8. The fourth-order valence-electron chi connectivity index (χ4n) is 2.04. The Hall–Kier alpha value is -1.35. The molecule has 0 saturated carbocycles. The van der Waals surface area contributed by atoms with Crippen molar-refractivity contribution in [2.24, 2.45) is 5.73 Å². The number of nitrogens with one attached hydrogen (secondary N) is 1. The molecule has 1 saturated heterocycles. The van der Waals surface area contributed by atoms with E-state index in [0.29, 0.717) is 19.7 Å². The molecule has 3 N–H and O–H groups in total. The number of thiophene rings is 1. The van der Waals surface area contributed by atoms with Crippen molar-refractivity contribution < 1.29 is 9.53 Å². The van der Waals surface area contributed by atoms with Crippen LogP contribution in [0, 0.1) is 11.8 Å². The second-order valence-electron chi connectivity index (χ2n) is 4.63. The van der Waals surface area contributed by atoms with Gasteiger partial charge < -0.3 is 15.8 Å². The minimum absolute atomic E-state index is 0.0452. The van der Waals surface area contributed by atoms with Gasteiger partial charge in [0.05, 0.1) is 13.1 Å². The first kappa shape index (κ1) is 14.1. The van der Waals surface area contributed by atoms with Crippen LogP contribution in [0.1, 0.15) is 30.2 Å². The summed E-state index contributed by atoms with van der Waals surface area (Å²) in [5.41, 5.74) is 5.63. The van der Waals surface area contributed by atoms with E-state index >= 15 is 0 Å². The highest BCUT2D eigenvalue weighted by atomic mass is 32.1. The van der Waals surface area contributed by atoms with Crippen molar-refractivity contribution >= 4 is 17.2 Å². The predicted octanol–water partition coefficient (Wildman–Crippen LogP) is 1.24. The third kappa shape index (κ3) is 3.35. The Morgan fingerprint density at radius 3 is 3.21 bits per heavy atom. The van der Waals surface area contributed by atoms with Gasteiger partial charge in [0.25, 0.3) is 5.91 Å². The third-order valence-corrected chi connectivity index (χ3v) is 4.10. The van der Waals surface area contributed by atoms with E-state index in [1.165, 1.54) is 0 Å². The molecule has 4 nitrogen and oxygen atoms in total. The molecule has 0 bridgehead atoms. The van der Waals surface area contributed by atoms with E-state index < -0.39 is 5.60 Å². The molecule has 2 rings (SSSR count). The van der Waals surface area contributed by atoms with E-state index in [-0.39, 0.29) is 5.91 Å². The average Bonchev–Trinajstić information content (AvgIpc) is 3.03. The molecule has 1 atom stereocenters. The smallest absolute Gasteiger partial charge is 0.252 e. The number of nitrogens with two attached hydrogens (primary N) is 1. The van der Waals surface area contributed by atoms with Crippen molar-refractivity contribution in [3.63, 3.8) is 0 Å². The van der Waals surface area contributed by atoms with E-state index in [1.54, 1.807) is 11.3 Å². The van der Waals surface area contributed by atoms with Crippen molar-refractivity contribution in [2.45, 2.75) is 31.9 Å². The van der Waals surface area contributed by atoms with Gasteiger partial charge in [-0.2, -0.15) is 0 Å². The Bertz CT molecular complexity index is 507. The molecular weight excluding hydrogens is 260 g/mol. The molecule has 1 aromatic rings. The summed E-state index contributed by atoms with van der Waals surface area (Å²) in [6.07, 6.45) is 1.72. The number of ether oxygens (including phenoxy) is 1. The monoisotopic (exact) mass is 278 g/mol. The normalized spacial score (nSPS) is 21.8. The lowest BCUT2D eigenvalue weighted by atomic mass is 10.0. The molecule has 1 aliphatic rings. The molecule has 0 spiro atoms. The number of carbonyl (C=O) groups is 1. The number of hydrogen-bond donors (Lipinski definition) is 2. The van der Waals surface area contributed by atoms with Gasteiger partial charge in [0, 0.05) is 17.0 Å². The molecule has 1 fully saturated rings. The van der Waals surface area contributed by atoms with Crippen LogP contribution in [0.4, 0.5) is 0 Å². The van der Waals surface area contributed by atoms with Crippen LogP contribution in [-0.4, -0.2) is 24.7 Å². The molecule has 5 heteroatoms. The lowest BCUT2D eigenvalue weighted by molar-refractivity contribution is -0.139. The first-order valence-corrected chi connectivity index (χ1v) is 7.21. The Morgan fingerprint density at radius 2 is 2.53 bits per heavy atom. The maximum absolute atomic E-state index is 12.1. The van der Waals surface area contributed by atoms with Gasteiger partial charge in [-0.15, -0.1) is 11.3 Å². The highest BCUT2D eigenvalue weighted by Crippen LogP contribution is 2.25. The SMILES string of the molecule is CC1(C(=O)NCc2sccc2C#CCN)CCCO1. The first-order chi connectivity index (χ1) is 9.15. The zero-order valence-electron chi connectivity index (χ0n) is 11.0. The van der Waals surface area contributed by atoms with Gasteiger partial charge in [-0.25, -0.2) is 0 Å². The molecule has 1 aromatic heterocycles. The fraction of sp³-hybridized carbons (Fsp3) is 0.500. The van der Waals surface area contributed by atoms with Crippen LogP contribution < -0.4 is 11.1 Å². The molecule has 1 unspecified atom stereocenters. The largest absolute Gasteiger partial charge is 0.365 e. The highest BCUT2D eigenvalue weighted by Gasteiger charge is 2.37. The maximum atomic E-state index is 12.1. The molecule has 0 aliphatic carbocycles. The van der Waals surface area contributed by atoms with Crippen LogP contribution in [0.2, 0.25) is 0 Å². The second kappa shape index (κ2) is 6.20. The summed E-state index contributed by atoms with van der Waals surface area (Å²) < 4.78 is 5.51. The molecular formula is C14H18N2O2S. The lowest BCUT2D eigenvalue weighted by Gasteiger charge is -2.21. The van der Waals surface area contributed by atoms with Crippen LogP contribution in [0.5, 0.6) is 0 Å². The van der Waals surface area contributed by atoms with E-state index in [1.807, 2.05) is 18.4 Å². The standard InChI is InChI=1S/C14H18N2O2S/c1-14(6-3-8-18-14)13(17)16-10-12-11(4-2-7-15)5-9-19-12/h5,9H,3,6-8,10,15H2,1H3,(H,16,17). The minimum Gasteiger partial charge on any atom is -0.365 e. The molecule has 2 heterocycles. The van der Waals surface area contributed by atoms with Crippen LogP contribution in [0.3, 0.4) is 0 Å². The fourth-order valence-corrected chi connectivity index (χ4v) is 2.81. The average molecular weight is 278 g/mol. The minimum atomic E-state index is -0.666. The van der Waals surface area contributed by atoms with Crippen molar-refractivity contribution in [2.75, 3.05) is 13.2 Å². The summed E-state index contributed by atoms with van der Waals surface area (Å²) in [7, 11) is 0. The van der Waals surface area contributed by atoms with Crippen molar-refractivity contribution in [1.82, 2.24) is 5.32 Å². The Balaban J connectivity index is 1.95. The number of carbonyl (C=O) groups excluding carboxylic acids is 1.